The molecule has 4 unspecified atom stereocenters. The number of ether oxygens (including phenoxy) is 6. The first kappa shape index (κ1) is 39.4. The standard InChI is InChI=1S/C37H56O16/c1-16(39)50-22-12-37(47)21-5-4-18-11-19(6-8-35(18,2)20(21)7-9-36(37,3)26(22)17-10-25(40)48-14-17)51-34-32(46)30(44)28(42)24(53-34)15-49-33-31(45)29(43)27(41)23(13-38)52-33/h10,18-24,26-34,38,41-47H,4-9,11-15H2,1-3H3/t18-,19+,20?,21?,22?,23-,24-,26?,27-,28-,29+,30+,31-,32-,33-,34-,35+,36-,37+/m1/s1. The third-order valence-electron chi connectivity index (χ3n) is 14.5. The molecule has 3 aliphatic heterocycles. The van der Waals surface area contributed by atoms with E-state index in [2.05, 4.69) is 13.8 Å². The number of aliphatic hydroxyl groups is 8. The first-order valence-electron chi connectivity index (χ1n) is 19.1. The molecule has 0 spiro atoms. The summed E-state index contributed by atoms with van der Waals surface area (Å²) in [6, 6.07) is 0. The first-order valence-corrected chi connectivity index (χ1v) is 19.1. The summed E-state index contributed by atoms with van der Waals surface area (Å²) in [5, 5.41) is 85.0. The third-order valence-corrected chi connectivity index (χ3v) is 14.5. The van der Waals surface area contributed by atoms with Crippen molar-refractivity contribution in [2.45, 2.75) is 151 Å². The summed E-state index contributed by atoms with van der Waals surface area (Å²) in [7, 11) is 0. The smallest absolute Gasteiger partial charge is 0.331 e. The molecule has 6 fully saturated rings. The maximum Gasteiger partial charge on any atom is 0.331 e. The molecule has 300 valence electrons. The van der Waals surface area contributed by atoms with Crippen LogP contribution in [-0.4, -0.2) is 152 Å². The molecule has 2 saturated heterocycles. The Morgan fingerprint density at radius 1 is 0.868 bits per heavy atom. The van der Waals surface area contributed by atoms with Crippen molar-refractivity contribution in [2.75, 3.05) is 19.8 Å². The number of cyclic esters (lactones) is 1. The number of hydrogen-bond acceptors (Lipinski definition) is 16. The quantitative estimate of drug-likeness (QED) is 0.107. The third kappa shape index (κ3) is 6.57. The zero-order valence-corrected chi connectivity index (χ0v) is 30.4. The molecule has 7 rings (SSSR count). The Labute approximate surface area is 308 Å². The lowest BCUT2D eigenvalue weighted by Crippen LogP contribution is -2.63. The van der Waals surface area contributed by atoms with Crippen LogP contribution in [0, 0.1) is 34.5 Å². The lowest BCUT2D eigenvalue weighted by atomic mass is 9.43. The highest BCUT2D eigenvalue weighted by molar-refractivity contribution is 5.85. The highest BCUT2D eigenvalue weighted by Crippen LogP contribution is 2.70. The van der Waals surface area contributed by atoms with Crippen LogP contribution in [0.25, 0.3) is 0 Å². The van der Waals surface area contributed by atoms with Gasteiger partial charge in [-0.15, -0.1) is 0 Å². The van der Waals surface area contributed by atoms with Crippen molar-refractivity contribution in [1.29, 1.82) is 0 Å². The molecule has 7 aliphatic rings. The van der Waals surface area contributed by atoms with Gasteiger partial charge in [-0.3, -0.25) is 4.79 Å². The zero-order valence-electron chi connectivity index (χ0n) is 30.4. The van der Waals surface area contributed by atoms with Gasteiger partial charge in [-0.2, -0.15) is 0 Å². The molecule has 3 heterocycles. The minimum absolute atomic E-state index is 0.0498. The van der Waals surface area contributed by atoms with E-state index in [0.717, 1.165) is 31.3 Å². The molecule has 53 heavy (non-hydrogen) atoms. The van der Waals surface area contributed by atoms with Gasteiger partial charge < -0.3 is 69.3 Å². The predicted molar refractivity (Wildman–Crippen MR) is 178 cm³/mol. The number of carbonyl (C=O) groups is 2. The van der Waals surface area contributed by atoms with Crippen LogP contribution in [0.2, 0.25) is 0 Å². The van der Waals surface area contributed by atoms with Gasteiger partial charge in [0.1, 0.15) is 61.5 Å². The van der Waals surface area contributed by atoms with Crippen molar-refractivity contribution in [3.05, 3.63) is 11.6 Å². The number of hydrogen-bond donors (Lipinski definition) is 8. The Kier molecular flexibility index (Phi) is 10.9. The van der Waals surface area contributed by atoms with E-state index in [9.17, 15) is 50.4 Å². The fourth-order valence-electron chi connectivity index (χ4n) is 11.6. The summed E-state index contributed by atoms with van der Waals surface area (Å²) in [5.74, 6) is -0.821. The molecule has 19 atom stereocenters. The highest BCUT2D eigenvalue weighted by Gasteiger charge is 2.71. The lowest BCUT2D eigenvalue weighted by molar-refractivity contribution is -0.338. The van der Waals surface area contributed by atoms with E-state index in [1.165, 1.54) is 13.0 Å². The van der Waals surface area contributed by atoms with Crippen molar-refractivity contribution < 1.29 is 78.9 Å². The van der Waals surface area contributed by atoms with Crippen LogP contribution in [0.4, 0.5) is 0 Å². The molecule has 16 heteroatoms. The summed E-state index contributed by atoms with van der Waals surface area (Å²) in [6.07, 6.45) is -8.88. The Morgan fingerprint density at radius 3 is 2.21 bits per heavy atom. The van der Waals surface area contributed by atoms with Crippen LogP contribution in [-0.2, 0) is 38.0 Å². The second-order valence-corrected chi connectivity index (χ2v) is 17.1. The summed E-state index contributed by atoms with van der Waals surface area (Å²) in [6.45, 7) is 4.77. The van der Waals surface area contributed by atoms with Gasteiger partial charge in [0.05, 0.1) is 24.9 Å². The average Bonchev–Trinajstić information content (AvgIpc) is 3.63. The molecule has 4 aliphatic carbocycles. The van der Waals surface area contributed by atoms with E-state index in [1.54, 1.807) is 0 Å². The van der Waals surface area contributed by atoms with Crippen LogP contribution >= 0.6 is 0 Å². The van der Waals surface area contributed by atoms with Gasteiger partial charge >= 0.3 is 11.9 Å². The van der Waals surface area contributed by atoms with Crippen LogP contribution < -0.4 is 0 Å². The molecule has 8 N–H and O–H groups in total. The van der Waals surface area contributed by atoms with Crippen LogP contribution in [0.1, 0.15) is 72.1 Å². The van der Waals surface area contributed by atoms with Gasteiger partial charge in [-0.25, -0.2) is 4.79 Å². The van der Waals surface area contributed by atoms with Crippen LogP contribution in [0.5, 0.6) is 0 Å². The Morgan fingerprint density at radius 2 is 1.55 bits per heavy atom. The van der Waals surface area contributed by atoms with Crippen molar-refractivity contribution in [3.63, 3.8) is 0 Å². The minimum atomic E-state index is -1.67. The monoisotopic (exact) mass is 756 g/mol. The molecule has 0 aromatic rings. The van der Waals surface area contributed by atoms with Gasteiger partial charge in [-0.1, -0.05) is 13.8 Å². The molecule has 0 aromatic carbocycles. The van der Waals surface area contributed by atoms with E-state index < -0.39 is 104 Å². The van der Waals surface area contributed by atoms with Gasteiger partial charge in [0, 0.05) is 30.8 Å². The second kappa shape index (κ2) is 14.6. The lowest BCUT2D eigenvalue weighted by Gasteiger charge is -2.63. The number of carbonyl (C=O) groups excluding carboxylic acids is 2. The zero-order chi connectivity index (χ0) is 38.2. The number of fused-ring (bicyclic) bond motifs is 5. The summed E-state index contributed by atoms with van der Waals surface area (Å²) < 4.78 is 34.3. The molecular weight excluding hydrogens is 700 g/mol. The SMILES string of the molecule is CC(=O)OC1C[C@]2(O)C3CC[C@@H]4C[C@@H](O[C@@H]5O[C@H](CO[C@@H]6O[C@H](CO)[C@@H](O)[C@H](O)[C@H]6O)[C@@H](O)[C@H](O)[C@H]5O)CC[C@]4(C)C3CC[C@]2(C)C1C1=CC(=O)OC1. The van der Waals surface area contributed by atoms with Crippen LogP contribution in [0.15, 0.2) is 11.6 Å². The van der Waals surface area contributed by atoms with Crippen LogP contribution in [0.3, 0.4) is 0 Å². The average molecular weight is 757 g/mol. The normalized spacial score (nSPS) is 52.5. The van der Waals surface area contributed by atoms with E-state index >= 15 is 0 Å². The molecule has 0 bridgehead atoms. The maximum atomic E-state index is 12.8. The summed E-state index contributed by atoms with van der Waals surface area (Å²) in [5.41, 5.74) is -1.12. The largest absolute Gasteiger partial charge is 0.462 e. The van der Waals surface area contributed by atoms with Gasteiger partial charge in [0.15, 0.2) is 12.6 Å². The van der Waals surface area contributed by atoms with Crippen molar-refractivity contribution >= 4 is 11.9 Å². The molecule has 0 amide bonds. The molecular formula is C37H56O16. The van der Waals surface area contributed by atoms with E-state index in [-0.39, 0.29) is 41.8 Å². The predicted octanol–water partition coefficient (Wildman–Crippen LogP) is -1.21. The van der Waals surface area contributed by atoms with Crippen molar-refractivity contribution in [1.82, 2.24) is 0 Å². The van der Waals surface area contributed by atoms with Gasteiger partial charge in [-0.05, 0) is 73.7 Å². The molecule has 0 radical (unpaired) electrons. The Bertz CT molecular complexity index is 1410. The van der Waals surface area contributed by atoms with E-state index in [0.29, 0.717) is 25.7 Å². The summed E-state index contributed by atoms with van der Waals surface area (Å²) in [4.78, 5) is 24.3. The van der Waals surface area contributed by atoms with E-state index in [4.69, 9.17) is 28.4 Å². The van der Waals surface area contributed by atoms with Crippen molar-refractivity contribution in [3.8, 4) is 0 Å². The minimum Gasteiger partial charge on any atom is -0.462 e. The number of rotatable bonds is 8. The fraction of sp³-hybridized carbons (Fsp3) is 0.892. The van der Waals surface area contributed by atoms with E-state index in [1.807, 2.05) is 0 Å². The highest BCUT2D eigenvalue weighted by atomic mass is 16.7. The molecule has 16 nitrogen and oxygen atoms in total. The van der Waals surface area contributed by atoms with Gasteiger partial charge in [0.2, 0.25) is 0 Å². The Hall–Kier alpha value is -1.80. The fourth-order valence-corrected chi connectivity index (χ4v) is 11.6. The van der Waals surface area contributed by atoms with Gasteiger partial charge in [0.25, 0.3) is 0 Å². The topological polar surface area (TPSA) is 251 Å². The Balaban J connectivity index is 1.01. The summed E-state index contributed by atoms with van der Waals surface area (Å²) >= 11 is 0. The number of esters is 2. The first-order chi connectivity index (χ1) is 25.0. The second-order valence-electron chi connectivity index (χ2n) is 17.1. The molecule has 0 aromatic heterocycles. The maximum absolute atomic E-state index is 12.8. The number of aliphatic hydroxyl groups excluding tert-OH is 7. The van der Waals surface area contributed by atoms with Crippen molar-refractivity contribution in [2.24, 2.45) is 34.5 Å². The molecule has 4 saturated carbocycles.